The van der Waals surface area contributed by atoms with Crippen LogP contribution < -0.4 is 15.1 Å². The summed E-state index contributed by atoms with van der Waals surface area (Å²) in [6.45, 7) is 3.73. The van der Waals surface area contributed by atoms with Crippen molar-refractivity contribution in [2.45, 2.75) is 18.7 Å². The lowest BCUT2D eigenvalue weighted by Crippen LogP contribution is -2.26. The number of hydrogen-bond donors (Lipinski definition) is 2. The van der Waals surface area contributed by atoms with Gasteiger partial charge < -0.3 is 15.2 Å². The molecule has 3 aromatic carbocycles. The molecule has 8 heteroatoms. The molecule has 0 atom stereocenters. The van der Waals surface area contributed by atoms with Crippen LogP contribution in [0.15, 0.2) is 71.6 Å². The van der Waals surface area contributed by atoms with Crippen LogP contribution in [-0.2, 0) is 10.0 Å². The second-order valence-corrected chi connectivity index (χ2v) is 8.42. The standard InChI is InChI=1S/C22H20N2O5S/c1-14-7-12-20(15(2)13-14)24-30(28,29)17-10-8-16(9-11-17)23-21(25)18-5-3-4-6-19(18)22(26)27/h3-13,24H,1-2H3,(H,23,25)(H,26,27)/p-1. The van der Waals surface area contributed by atoms with E-state index in [1.807, 2.05) is 26.0 Å². The predicted molar refractivity (Wildman–Crippen MR) is 112 cm³/mol. The van der Waals surface area contributed by atoms with E-state index in [-0.39, 0.29) is 16.0 Å². The molecule has 7 nitrogen and oxygen atoms in total. The highest BCUT2D eigenvalue weighted by molar-refractivity contribution is 7.92. The number of hydrogen-bond acceptors (Lipinski definition) is 5. The molecule has 0 bridgehead atoms. The number of amides is 1. The Kier molecular flexibility index (Phi) is 5.89. The number of carbonyl (C=O) groups excluding carboxylic acids is 2. The minimum Gasteiger partial charge on any atom is -0.545 e. The largest absolute Gasteiger partial charge is 0.545 e. The molecule has 0 saturated heterocycles. The predicted octanol–water partition coefficient (Wildman–Crippen LogP) is 2.72. The molecule has 0 unspecified atom stereocenters. The molecule has 0 aliphatic rings. The Bertz CT molecular complexity index is 1220. The molecule has 0 aliphatic carbocycles. The van der Waals surface area contributed by atoms with Crippen LogP contribution in [0.1, 0.15) is 31.8 Å². The molecule has 1 amide bonds. The number of nitrogens with one attached hydrogen (secondary N) is 2. The quantitative estimate of drug-likeness (QED) is 0.633. The monoisotopic (exact) mass is 423 g/mol. The molecule has 0 radical (unpaired) electrons. The van der Waals surface area contributed by atoms with E-state index in [0.29, 0.717) is 11.4 Å². The summed E-state index contributed by atoms with van der Waals surface area (Å²) in [7, 11) is -3.81. The van der Waals surface area contributed by atoms with Crippen molar-refractivity contribution >= 4 is 33.3 Å². The lowest BCUT2D eigenvalue weighted by Gasteiger charge is -2.13. The third-order valence-electron chi connectivity index (χ3n) is 4.44. The molecule has 3 rings (SSSR count). The molecule has 0 saturated carbocycles. The Hall–Kier alpha value is -3.65. The maximum absolute atomic E-state index is 12.6. The van der Waals surface area contributed by atoms with Gasteiger partial charge in [-0.1, -0.05) is 35.9 Å². The second-order valence-electron chi connectivity index (χ2n) is 6.74. The SMILES string of the molecule is Cc1ccc(NS(=O)(=O)c2ccc(NC(=O)c3ccccc3C(=O)[O-])cc2)c(C)c1. The number of benzene rings is 3. The number of sulfonamides is 1. The molecule has 3 aromatic rings. The molecular weight excluding hydrogens is 404 g/mol. The molecule has 0 fully saturated rings. The normalized spacial score (nSPS) is 11.0. The summed E-state index contributed by atoms with van der Waals surface area (Å²) in [6, 6.07) is 16.6. The maximum Gasteiger partial charge on any atom is 0.261 e. The van der Waals surface area contributed by atoms with Crippen LogP contribution in [0.2, 0.25) is 0 Å². The Morgan fingerprint density at radius 2 is 1.50 bits per heavy atom. The molecule has 0 aliphatic heterocycles. The zero-order valence-corrected chi connectivity index (χ0v) is 17.1. The van der Waals surface area contributed by atoms with Crippen molar-refractivity contribution in [1.82, 2.24) is 0 Å². The van der Waals surface area contributed by atoms with E-state index in [4.69, 9.17) is 0 Å². The highest BCUT2D eigenvalue weighted by atomic mass is 32.2. The van der Waals surface area contributed by atoms with Crippen LogP contribution in [0.3, 0.4) is 0 Å². The number of aryl methyl sites for hydroxylation is 2. The van der Waals surface area contributed by atoms with Crippen LogP contribution in [0.25, 0.3) is 0 Å². The average molecular weight is 423 g/mol. The van der Waals surface area contributed by atoms with Gasteiger partial charge in [-0.05, 0) is 55.8 Å². The maximum atomic E-state index is 12.6. The van der Waals surface area contributed by atoms with Crippen LogP contribution in [-0.4, -0.2) is 20.3 Å². The molecule has 0 spiro atoms. The highest BCUT2D eigenvalue weighted by Gasteiger charge is 2.16. The van der Waals surface area contributed by atoms with Gasteiger partial charge in [0, 0.05) is 16.8 Å². The molecule has 154 valence electrons. The molecule has 0 heterocycles. The first-order chi connectivity index (χ1) is 14.2. The number of rotatable bonds is 6. The van der Waals surface area contributed by atoms with Crippen molar-refractivity contribution in [3.63, 3.8) is 0 Å². The zero-order valence-electron chi connectivity index (χ0n) is 16.3. The topological polar surface area (TPSA) is 115 Å². The average Bonchev–Trinajstić information content (AvgIpc) is 2.70. The van der Waals surface area contributed by atoms with Crippen LogP contribution in [0.4, 0.5) is 11.4 Å². The second kappa shape index (κ2) is 8.38. The first-order valence-corrected chi connectivity index (χ1v) is 10.5. The van der Waals surface area contributed by atoms with Crippen molar-refractivity contribution in [2.24, 2.45) is 0 Å². The molecule has 0 aromatic heterocycles. The number of anilines is 2. The molecule has 2 N–H and O–H groups in total. The lowest BCUT2D eigenvalue weighted by molar-refractivity contribution is -0.255. The Morgan fingerprint density at radius 1 is 0.867 bits per heavy atom. The molecular formula is C22H19N2O5S-. The van der Waals surface area contributed by atoms with Crippen molar-refractivity contribution in [2.75, 3.05) is 10.0 Å². The number of aromatic carboxylic acids is 1. The Balaban J connectivity index is 1.78. The van der Waals surface area contributed by atoms with E-state index < -0.39 is 21.9 Å². The number of carboxylic acid groups (broad SMARTS) is 1. The van der Waals surface area contributed by atoms with Crippen molar-refractivity contribution in [3.05, 3.63) is 89.0 Å². The van der Waals surface area contributed by atoms with Gasteiger partial charge in [-0.2, -0.15) is 0 Å². The van der Waals surface area contributed by atoms with E-state index in [2.05, 4.69) is 10.0 Å². The van der Waals surface area contributed by atoms with Gasteiger partial charge in [-0.25, -0.2) is 8.42 Å². The highest BCUT2D eigenvalue weighted by Crippen LogP contribution is 2.22. The van der Waals surface area contributed by atoms with Gasteiger partial charge in [0.25, 0.3) is 15.9 Å². The summed E-state index contributed by atoms with van der Waals surface area (Å²) in [4.78, 5) is 23.6. The Morgan fingerprint density at radius 3 is 2.10 bits per heavy atom. The molecule has 30 heavy (non-hydrogen) atoms. The lowest BCUT2D eigenvalue weighted by atomic mass is 10.1. The fourth-order valence-electron chi connectivity index (χ4n) is 2.91. The van der Waals surface area contributed by atoms with Gasteiger partial charge in [0.2, 0.25) is 0 Å². The summed E-state index contributed by atoms with van der Waals surface area (Å²) in [6.07, 6.45) is 0. The third kappa shape index (κ3) is 4.66. The van der Waals surface area contributed by atoms with Gasteiger partial charge in [-0.3, -0.25) is 9.52 Å². The van der Waals surface area contributed by atoms with Gasteiger partial charge in [0.05, 0.1) is 16.6 Å². The Labute approximate surface area is 174 Å². The summed E-state index contributed by atoms with van der Waals surface area (Å²) in [5, 5.41) is 13.7. The fourth-order valence-corrected chi connectivity index (χ4v) is 4.04. The summed E-state index contributed by atoms with van der Waals surface area (Å²) < 4.78 is 27.8. The summed E-state index contributed by atoms with van der Waals surface area (Å²) >= 11 is 0. The number of carboxylic acids is 1. The van der Waals surface area contributed by atoms with Gasteiger partial charge in [0.1, 0.15) is 0 Å². The fraction of sp³-hybridized carbons (Fsp3) is 0.0909. The van der Waals surface area contributed by atoms with E-state index in [9.17, 15) is 23.1 Å². The van der Waals surface area contributed by atoms with Crippen LogP contribution in [0.5, 0.6) is 0 Å². The first-order valence-electron chi connectivity index (χ1n) is 8.99. The van der Waals surface area contributed by atoms with Gasteiger partial charge >= 0.3 is 0 Å². The van der Waals surface area contributed by atoms with Crippen LogP contribution >= 0.6 is 0 Å². The van der Waals surface area contributed by atoms with Gasteiger partial charge in [0.15, 0.2) is 0 Å². The minimum atomic E-state index is -3.81. The minimum absolute atomic E-state index is 0.0237. The third-order valence-corrected chi connectivity index (χ3v) is 5.82. The van der Waals surface area contributed by atoms with Crippen molar-refractivity contribution < 1.29 is 23.1 Å². The smallest absolute Gasteiger partial charge is 0.261 e. The summed E-state index contributed by atoms with van der Waals surface area (Å²) in [5.74, 6) is -2.10. The summed E-state index contributed by atoms with van der Waals surface area (Å²) in [5.41, 5.74) is 2.35. The van der Waals surface area contributed by atoms with E-state index in [1.165, 1.54) is 48.5 Å². The van der Waals surface area contributed by atoms with Crippen molar-refractivity contribution in [3.8, 4) is 0 Å². The van der Waals surface area contributed by atoms with Gasteiger partial charge in [-0.15, -0.1) is 0 Å². The zero-order chi connectivity index (χ0) is 21.9. The van der Waals surface area contributed by atoms with E-state index in [1.54, 1.807) is 6.07 Å². The van der Waals surface area contributed by atoms with E-state index >= 15 is 0 Å². The first kappa shape index (κ1) is 21.1. The number of carbonyl (C=O) groups is 2. The van der Waals surface area contributed by atoms with Crippen molar-refractivity contribution in [1.29, 1.82) is 0 Å². The van der Waals surface area contributed by atoms with E-state index in [0.717, 1.165) is 11.1 Å². The van der Waals surface area contributed by atoms with Crippen LogP contribution in [0, 0.1) is 13.8 Å².